The first-order valence-corrected chi connectivity index (χ1v) is 17.1. The Balaban J connectivity index is 1.53. The zero-order chi connectivity index (χ0) is 29.6. The van der Waals surface area contributed by atoms with E-state index in [1.807, 2.05) is 6.26 Å². The molecule has 1 heterocycles. The molecule has 4 rings (SSSR count). The van der Waals surface area contributed by atoms with Gasteiger partial charge in [-0.15, -0.1) is 11.8 Å². The van der Waals surface area contributed by atoms with Gasteiger partial charge in [0.2, 0.25) is 0 Å². The minimum absolute atomic E-state index is 0.0570. The van der Waals surface area contributed by atoms with E-state index >= 15 is 0 Å². The number of sulfonamides is 2. The molecule has 0 aromatic heterocycles. The summed E-state index contributed by atoms with van der Waals surface area (Å²) in [5.74, 6) is 0.602. The second-order valence-corrected chi connectivity index (χ2v) is 13.6. The van der Waals surface area contributed by atoms with Gasteiger partial charge < -0.3 is 14.4 Å². The Bertz CT molecular complexity index is 1600. The molecule has 3 aromatic rings. The fraction of sp³-hybridized carbons (Fsp3) is 0.321. The molecule has 0 unspecified atom stereocenters. The van der Waals surface area contributed by atoms with Crippen LogP contribution in [0.1, 0.15) is 36.0 Å². The number of thioether (sulfide) groups is 1. The molecule has 10 nitrogen and oxygen atoms in total. The summed E-state index contributed by atoms with van der Waals surface area (Å²) in [5, 5.41) is 0. The van der Waals surface area contributed by atoms with Gasteiger partial charge in [-0.2, -0.15) is 0 Å². The van der Waals surface area contributed by atoms with E-state index in [9.17, 15) is 21.6 Å². The average molecular weight is 620 g/mol. The number of rotatable bonds is 10. The van der Waals surface area contributed by atoms with E-state index in [0.717, 1.165) is 25.7 Å². The largest absolute Gasteiger partial charge is 0.497 e. The fourth-order valence-corrected chi connectivity index (χ4v) is 7.19. The zero-order valence-electron chi connectivity index (χ0n) is 23.0. The second-order valence-electron chi connectivity index (χ2n) is 9.37. The molecule has 0 bridgehead atoms. The van der Waals surface area contributed by atoms with Crippen LogP contribution in [0.15, 0.2) is 75.4 Å². The minimum Gasteiger partial charge on any atom is -0.497 e. The third-order valence-corrected chi connectivity index (χ3v) is 10.2. The minimum atomic E-state index is -4.07. The normalized spacial score (nSPS) is 14.2. The summed E-state index contributed by atoms with van der Waals surface area (Å²) in [6, 6.07) is 14.5. The summed E-state index contributed by atoms with van der Waals surface area (Å²) in [6.45, 7) is 1.30. The number of carbonyl (C=O) groups is 1. The van der Waals surface area contributed by atoms with Crippen LogP contribution in [0.5, 0.6) is 11.5 Å². The molecule has 1 amide bonds. The molecule has 1 aliphatic rings. The predicted molar refractivity (Wildman–Crippen MR) is 160 cm³/mol. The quantitative estimate of drug-likeness (QED) is 0.302. The number of nitrogens with zero attached hydrogens (tertiary/aromatic N) is 1. The van der Waals surface area contributed by atoms with Gasteiger partial charge in [-0.05, 0) is 73.7 Å². The third-order valence-electron chi connectivity index (χ3n) is 6.67. The molecule has 41 heavy (non-hydrogen) atoms. The van der Waals surface area contributed by atoms with Gasteiger partial charge >= 0.3 is 0 Å². The molecular formula is C28H33N3O7S3. The van der Waals surface area contributed by atoms with E-state index in [-0.39, 0.29) is 32.8 Å². The van der Waals surface area contributed by atoms with Crippen molar-refractivity contribution >= 4 is 49.1 Å². The first-order chi connectivity index (χ1) is 19.6. The van der Waals surface area contributed by atoms with Crippen molar-refractivity contribution in [2.75, 3.05) is 43.0 Å². The molecule has 13 heteroatoms. The number of benzene rings is 3. The number of amides is 1. The summed E-state index contributed by atoms with van der Waals surface area (Å²) in [6.07, 6.45) is 5.84. The molecule has 3 aromatic carbocycles. The van der Waals surface area contributed by atoms with Crippen molar-refractivity contribution in [2.24, 2.45) is 0 Å². The van der Waals surface area contributed by atoms with Crippen molar-refractivity contribution in [3.63, 3.8) is 0 Å². The van der Waals surface area contributed by atoms with Crippen LogP contribution in [0.2, 0.25) is 0 Å². The highest BCUT2D eigenvalue weighted by atomic mass is 32.2. The lowest BCUT2D eigenvalue weighted by molar-refractivity contribution is 0.0758. The van der Waals surface area contributed by atoms with Gasteiger partial charge in [0, 0.05) is 29.7 Å². The Labute approximate surface area is 245 Å². The maximum atomic E-state index is 13.3. The van der Waals surface area contributed by atoms with Crippen LogP contribution in [0.25, 0.3) is 0 Å². The summed E-state index contributed by atoms with van der Waals surface area (Å²) < 4.78 is 67.8. The number of anilines is 2. The van der Waals surface area contributed by atoms with Crippen molar-refractivity contribution in [1.82, 2.24) is 4.90 Å². The third kappa shape index (κ3) is 7.27. The maximum Gasteiger partial charge on any atom is 0.262 e. The van der Waals surface area contributed by atoms with Crippen LogP contribution in [0.4, 0.5) is 11.4 Å². The van der Waals surface area contributed by atoms with Gasteiger partial charge in [-0.1, -0.05) is 12.8 Å². The molecule has 1 fully saturated rings. The van der Waals surface area contributed by atoms with Crippen molar-refractivity contribution in [3.05, 3.63) is 66.2 Å². The molecular weight excluding hydrogens is 587 g/mol. The molecule has 1 saturated heterocycles. The molecule has 2 N–H and O–H groups in total. The van der Waals surface area contributed by atoms with E-state index in [1.54, 1.807) is 23.1 Å². The molecule has 1 aliphatic heterocycles. The Morgan fingerprint density at radius 3 is 2.02 bits per heavy atom. The number of likely N-dealkylation sites (tertiary alicyclic amines) is 1. The fourth-order valence-electron chi connectivity index (χ4n) is 4.47. The van der Waals surface area contributed by atoms with E-state index in [4.69, 9.17) is 9.47 Å². The van der Waals surface area contributed by atoms with Gasteiger partial charge in [0.05, 0.1) is 35.3 Å². The first kappa shape index (κ1) is 30.5. The molecule has 0 aliphatic carbocycles. The molecule has 0 radical (unpaired) electrons. The van der Waals surface area contributed by atoms with Crippen LogP contribution in [0, 0.1) is 0 Å². The topological polar surface area (TPSA) is 131 Å². The van der Waals surface area contributed by atoms with Gasteiger partial charge in [0.25, 0.3) is 26.0 Å². The van der Waals surface area contributed by atoms with Crippen molar-refractivity contribution in [2.45, 2.75) is 40.4 Å². The van der Waals surface area contributed by atoms with Crippen LogP contribution < -0.4 is 18.9 Å². The number of nitrogens with one attached hydrogen (secondary N) is 2. The van der Waals surface area contributed by atoms with Crippen LogP contribution in [-0.4, -0.2) is 61.2 Å². The predicted octanol–water partition coefficient (Wildman–Crippen LogP) is 5.04. The number of hydrogen-bond donors (Lipinski definition) is 2. The molecule has 0 saturated carbocycles. The van der Waals surface area contributed by atoms with E-state index < -0.39 is 20.0 Å². The first-order valence-electron chi connectivity index (χ1n) is 12.9. The Morgan fingerprint density at radius 2 is 1.41 bits per heavy atom. The summed E-state index contributed by atoms with van der Waals surface area (Å²) in [4.78, 5) is 15.7. The Kier molecular flexibility index (Phi) is 9.72. The summed E-state index contributed by atoms with van der Waals surface area (Å²) in [7, 11) is -5.17. The van der Waals surface area contributed by atoms with E-state index in [1.165, 1.54) is 68.4 Å². The van der Waals surface area contributed by atoms with Crippen LogP contribution in [0.3, 0.4) is 0 Å². The molecule has 0 spiro atoms. The highest BCUT2D eigenvalue weighted by molar-refractivity contribution is 7.98. The lowest BCUT2D eigenvalue weighted by Crippen LogP contribution is -2.32. The van der Waals surface area contributed by atoms with E-state index in [0.29, 0.717) is 29.3 Å². The van der Waals surface area contributed by atoms with Crippen molar-refractivity contribution in [1.29, 1.82) is 0 Å². The highest BCUT2D eigenvalue weighted by Gasteiger charge is 2.24. The zero-order valence-corrected chi connectivity index (χ0v) is 25.5. The summed E-state index contributed by atoms with van der Waals surface area (Å²) >= 11 is 1.39. The van der Waals surface area contributed by atoms with Gasteiger partial charge in [-0.25, -0.2) is 16.8 Å². The Hall–Kier alpha value is -3.42. The lowest BCUT2D eigenvalue weighted by atomic mass is 10.2. The van der Waals surface area contributed by atoms with Crippen LogP contribution >= 0.6 is 11.8 Å². The van der Waals surface area contributed by atoms with Crippen LogP contribution in [-0.2, 0) is 20.0 Å². The van der Waals surface area contributed by atoms with Gasteiger partial charge in [0.1, 0.15) is 11.5 Å². The van der Waals surface area contributed by atoms with Gasteiger partial charge in [0.15, 0.2) is 0 Å². The van der Waals surface area contributed by atoms with Crippen molar-refractivity contribution in [3.8, 4) is 11.5 Å². The van der Waals surface area contributed by atoms with E-state index in [2.05, 4.69) is 9.44 Å². The second kappa shape index (κ2) is 13.0. The maximum absolute atomic E-state index is 13.3. The van der Waals surface area contributed by atoms with Crippen molar-refractivity contribution < 1.29 is 31.1 Å². The number of carbonyl (C=O) groups excluding carboxylic acids is 1. The average Bonchev–Trinajstić information content (AvgIpc) is 3.26. The number of ether oxygens (including phenoxy) is 2. The molecule has 220 valence electrons. The number of methoxy groups -OCH3 is 2. The highest BCUT2D eigenvalue weighted by Crippen LogP contribution is 2.31. The summed E-state index contributed by atoms with van der Waals surface area (Å²) in [5.41, 5.74) is 0.737. The number of hydrogen-bond acceptors (Lipinski definition) is 8. The monoisotopic (exact) mass is 619 g/mol. The molecule has 0 atom stereocenters. The standard InChI is InChI=1S/C28H33N3O7S3/c1-37-21-10-14-25(26(18-21)38-2)30-40(33,34)22-11-8-20(9-12-22)29-41(35,36)23-13-15-27(39-3)24(19-23)28(32)31-16-6-4-5-7-17-31/h8-15,18-19,29-30H,4-7,16-17H2,1-3H3. The van der Waals surface area contributed by atoms with Gasteiger partial charge in [-0.3, -0.25) is 14.2 Å². The Morgan fingerprint density at radius 1 is 0.780 bits per heavy atom. The lowest BCUT2D eigenvalue weighted by Gasteiger charge is -2.22. The smallest absolute Gasteiger partial charge is 0.262 e. The SMILES string of the molecule is COc1ccc(NS(=O)(=O)c2ccc(NS(=O)(=O)c3ccc(SC)c(C(=O)N4CCCCCC4)c3)cc2)c(OC)c1.